The van der Waals surface area contributed by atoms with Crippen LogP contribution in [0.25, 0.3) is 0 Å². The molecule has 1 aromatic carbocycles. The summed E-state index contributed by atoms with van der Waals surface area (Å²) in [6, 6.07) is 4.14. The first-order valence-corrected chi connectivity index (χ1v) is 10.2. The van der Waals surface area contributed by atoms with Gasteiger partial charge in [-0.3, -0.25) is 0 Å². The van der Waals surface area contributed by atoms with Gasteiger partial charge in [0.25, 0.3) is 0 Å². The highest BCUT2D eigenvalue weighted by atomic mass is 16.7. The lowest BCUT2D eigenvalue weighted by Gasteiger charge is -2.35. The molecule has 3 nitrogen and oxygen atoms in total. The van der Waals surface area contributed by atoms with Gasteiger partial charge < -0.3 is 14.6 Å². The summed E-state index contributed by atoms with van der Waals surface area (Å²) >= 11 is 0. The van der Waals surface area contributed by atoms with Crippen molar-refractivity contribution in [3.8, 4) is 5.75 Å². The second-order valence-corrected chi connectivity index (χ2v) is 10.4. The Hall–Kier alpha value is -1.06. The van der Waals surface area contributed by atoms with Gasteiger partial charge in [-0.05, 0) is 46.4 Å². The summed E-state index contributed by atoms with van der Waals surface area (Å²) in [5.41, 5.74) is 2.68. The van der Waals surface area contributed by atoms with E-state index in [1.807, 2.05) is 0 Å². The van der Waals surface area contributed by atoms with Crippen molar-refractivity contribution in [2.24, 2.45) is 11.8 Å². The van der Waals surface area contributed by atoms with E-state index < -0.39 is 0 Å². The van der Waals surface area contributed by atoms with Gasteiger partial charge in [-0.2, -0.15) is 0 Å². The first kappa shape index (κ1) is 19.7. The second kappa shape index (κ2) is 7.16. The zero-order valence-corrected chi connectivity index (χ0v) is 17.4. The van der Waals surface area contributed by atoms with Crippen molar-refractivity contribution >= 4 is 0 Å². The first-order valence-electron chi connectivity index (χ1n) is 10.2. The van der Waals surface area contributed by atoms with Gasteiger partial charge in [-0.25, -0.2) is 0 Å². The van der Waals surface area contributed by atoms with Crippen molar-refractivity contribution in [2.45, 2.75) is 84.3 Å². The summed E-state index contributed by atoms with van der Waals surface area (Å²) in [5, 5.41) is 10.9. The molecule has 1 saturated carbocycles. The quantitative estimate of drug-likeness (QED) is 0.736. The van der Waals surface area contributed by atoms with Crippen LogP contribution in [-0.2, 0) is 20.3 Å². The van der Waals surface area contributed by atoms with Crippen LogP contribution < -0.4 is 0 Å². The van der Waals surface area contributed by atoms with Crippen molar-refractivity contribution in [3.05, 3.63) is 28.8 Å². The Morgan fingerprint density at radius 1 is 0.885 bits per heavy atom. The number of aromatic hydroxyl groups is 1. The molecule has 0 aromatic heterocycles. The Morgan fingerprint density at radius 2 is 1.38 bits per heavy atom. The molecule has 0 radical (unpaired) electrons. The number of ether oxygens (including phenoxy) is 2. The average Bonchev–Trinajstić information content (AvgIpc) is 2.49. The third-order valence-electron chi connectivity index (χ3n) is 5.88. The van der Waals surface area contributed by atoms with E-state index in [1.54, 1.807) is 0 Å². The van der Waals surface area contributed by atoms with Crippen molar-refractivity contribution < 1.29 is 14.6 Å². The fraction of sp³-hybridized carbons (Fsp3) is 0.739. The second-order valence-electron chi connectivity index (χ2n) is 10.4. The molecular formula is C23H36O3. The SMILES string of the molecule is CC(C)(C)c1cc(C2OCC(CC3CCC3)CO2)cc(C(C)(C)C)c1O. The minimum atomic E-state index is -0.324. The Bertz CT molecular complexity index is 589. The predicted octanol–water partition coefficient (Wildman–Crippen LogP) is 5.84. The van der Waals surface area contributed by atoms with Gasteiger partial charge in [0.15, 0.2) is 6.29 Å². The molecule has 3 heteroatoms. The monoisotopic (exact) mass is 360 g/mol. The van der Waals surface area contributed by atoms with E-state index in [2.05, 4.69) is 53.7 Å². The van der Waals surface area contributed by atoms with Crippen LogP contribution in [0.1, 0.15) is 90.2 Å². The summed E-state index contributed by atoms with van der Waals surface area (Å²) in [6.45, 7) is 14.4. The van der Waals surface area contributed by atoms with E-state index >= 15 is 0 Å². The highest BCUT2D eigenvalue weighted by Crippen LogP contribution is 2.42. The van der Waals surface area contributed by atoms with Crippen LogP contribution in [0, 0.1) is 11.8 Å². The zero-order valence-electron chi connectivity index (χ0n) is 17.4. The standard InChI is InChI=1S/C23H36O3/c1-22(2,3)18-11-17(12-19(20(18)24)23(4,5)6)21-25-13-16(14-26-21)10-15-8-7-9-15/h11-12,15-16,21,24H,7-10,13-14H2,1-6H3. The molecular weight excluding hydrogens is 324 g/mol. The van der Waals surface area contributed by atoms with Crippen LogP contribution in [0.2, 0.25) is 0 Å². The Labute approximate surface area is 159 Å². The minimum absolute atomic E-state index is 0.137. The van der Waals surface area contributed by atoms with Crippen LogP contribution in [0.5, 0.6) is 5.75 Å². The van der Waals surface area contributed by atoms with E-state index in [0.29, 0.717) is 11.7 Å². The maximum Gasteiger partial charge on any atom is 0.183 e. The lowest BCUT2D eigenvalue weighted by molar-refractivity contribution is -0.208. The topological polar surface area (TPSA) is 38.7 Å². The zero-order chi connectivity index (χ0) is 19.1. The molecule has 0 bridgehead atoms. The summed E-state index contributed by atoms with van der Waals surface area (Å²) in [7, 11) is 0. The molecule has 146 valence electrons. The van der Waals surface area contributed by atoms with E-state index in [-0.39, 0.29) is 17.1 Å². The van der Waals surface area contributed by atoms with E-state index in [9.17, 15) is 5.11 Å². The molecule has 0 amide bonds. The van der Waals surface area contributed by atoms with Crippen LogP contribution in [-0.4, -0.2) is 18.3 Å². The van der Waals surface area contributed by atoms with Gasteiger partial charge in [-0.15, -0.1) is 0 Å². The number of phenols is 1. The van der Waals surface area contributed by atoms with Gasteiger partial charge in [0.05, 0.1) is 13.2 Å². The van der Waals surface area contributed by atoms with Gasteiger partial charge in [0, 0.05) is 11.5 Å². The Balaban J connectivity index is 1.81. The lowest BCUT2D eigenvalue weighted by Crippen LogP contribution is -2.30. The minimum Gasteiger partial charge on any atom is -0.507 e. The molecule has 1 heterocycles. The van der Waals surface area contributed by atoms with Crippen LogP contribution >= 0.6 is 0 Å². The summed E-state index contributed by atoms with van der Waals surface area (Å²) in [5.74, 6) is 1.82. The highest BCUT2D eigenvalue weighted by molar-refractivity contribution is 5.50. The summed E-state index contributed by atoms with van der Waals surface area (Å²) < 4.78 is 12.2. The molecule has 0 atom stereocenters. The Morgan fingerprint density at radius 3 is 1.77 bits per heavy atom. The van der Waals surface area contributed by atoms with Crippen LogP contribution in [0.4, 0.5) is 0 Å². The normalized spacial score (nSPS) is 25.2. The molecule has 1 aliphatic heterocycles. The van der Waals surface area contributed by atoms with Crippen molar-refractivity contribution in [3.63, 3.8) is 0 Å². The van der Waals surface area contributed by atoms with Crippen molar-refractivity contribution in [1.29, 1.82) is 0 Å². The molecule has 1 aliphatic carbocycles. The molecule has 1 aromatic rings. The molecule has 2 fully saturated rings. The van der Waals surface area contributed by atoms with E-state index in [4.69, 9.17) is 9.47 Å². The van der Waals surface area contributed by atoms with Crippen LogP contribution in [0.3, 0.4) is 0 Å². The molecule has 3 rings (SSSR count). The molecule has 0 spiro atoms. The van der Waals surface area contributed by atoms with E-state index in [0.717, 1.165) is 35.8 Å². The molecule has 26 heavy (non-hydrogen) atoms. The third kappa shape index (κ3) is 4.26. The van der Waals surface area contributed by atoms with Gasteiger partial charge in [-0.1, -0.05) is 60.8 Å². The summed E-state index contributed by atoms with van der Waals surface area (Å²) in [6.07, 6.45) is 5.06. The number of phenolic OH excluding ortho intramolecular Hbond substituents is 1. The fourth-order valence-electron chi connectivity index (χ4n) is 4.01. The maximum atomic E-state index is 10.9. The molecule has 1 N–H and O–H groups in total. The third-order valence-corrected chi connectivity index (χ3v) is 5.88. The fourth-order valence-corrected chi connectivity index (χ4v) is 4.01. The average molecular weight is 361 g/mol. The van der Waals surface area contributed by atoms with Crippen molar-refractivity contribution in [1.82, 2.24) is 0 Å². The highest BCUT2D eigenvalue weighted by Gasteiger charge is 2.31. The molecule has 2 aliphatic rings. The van der Waals surface area contributed by atoms with E-state index in [1.165, 1.54) is 25.7 Å². The number of hydrogen-bond acceptors (Lipinski definition) is 3. The Kier molecular flexibility index (Phi) is 5.43. The molecule has 1 saturated heterocycles. The molecule has 0 unspecified atom stereocenters. The first-order chi connectivity index (χ1) is 12.1. The van der Waals surface area contributed by atoms with Gasteiger partial charge in [0.2, 0.25) is 0 Å². The maximum absolute atomic E-state index is 10.9. The van der Waals surface area contributed by atoms with Crippen molar-refractivity contribution in [2.75, 3.05) is 13.2 Å². The predicted molar refractivity (Wildman–Crippen MR) is 106 cm³/mol. The van der Waals surface area contributed by atoms with Gasteiger partial charge >= 0.3 is 0 Å². The van der Waals surface area contributed by atoms with Crippen LogP contribution in [0.15, 0.2) is 12.1 Å². The smallest absolute Gasteiger partial charge is 0.183 e. The number of benzene rings is 1. The number of rotatable bonds is 3. The number of hydrogen-bond donors (Lipinski definition) is 1. The summed E-state index contributed by atoms with van der Waals surface area (Å²) in [4.78, 5) is 0. The largest absolute Gasteiger partial charge is 0.507 e. The van der Waals surface area contributed by atoms with Gasteiger partial charge in [0.1, 0.15) is 5.75 Å². The lowest BCUT2D eigenvalue weighted by atomic mass is 9.78.